The number of hydrogen-bond acceptors (Lipinski definition) is 5. The van der Waals surface area contributed by atoms with Gasteiger partial charge >= 0.3 is 6.09 Å². The summed E-state index contributed by atoms with van der Waals surface area (Å²) in [5, 5.41) is 12.2. The summed E-state index contributed by atoms with van der Waals surface area (Å²) in [4.78, 5) is 29.6. The Hall–Kier alpha value is -3.88. The summed E-state index contributed by atoms with van der Waals surface area (Å²) in [6, 6.07) is 9.27. The molecule has 0 bridgehead atoms. The fourth-order valence-electron chi connectivity index (χ4n) is 4.22. The molecule has 1 saturated heterocycles. The molecular formula is C22H19FN4O4. The first kappa shape index (κ1) is 19.1. The second kappa shape index (κ2) is 7.42. The maximum absolute atomic E-state index is 13.5. The number of amides is 1. The highest BCUT2D eigenvalue weighted by atomic mass is 19.1. The molecule has 0 spiro atoms. The van der Waals surface area contributed by atoms with Gasteiger partial charge in [-0.2, -0.15) is 0 Å². The predicted octanol–water partition coefficient (Wildman–Crippen LogP) is 4.47. The van der Waals surface area contributed by atoms with Gasteiger partial charge in [-0.25, -0.2) is 9.18 Å². The Morgan fingerprint density at radius 2 is 2.00 bits per heavy atom. The summed E-state index contributed by atoms with van der Waals surface area (Å²) in [6.45, 7) is 1.87. The van der Waals surface area contributed by atoms with Gasteiger partial charge in [0.25, 0.3) is 5.69 Å². The van der Waals surface area contributed by atoms with E-state index in [0.29, 0.717) is 25.3 Å². The Morgan fingerprint density at radius 3 is 2.71 bits per heavy atom. The SMILES string of the molecule is O=C1OCCN1c1cc([N+](=O)[O-])ccc1N1CC=C(c2c[nH]c3cc(F)ccc23)CC1. The van der Waals surface area contributed by atoms with Gasteiger partial charge in [-0.1, -0.05) is 6.08 Å². The van der Waals surface area contributed by atoms with Crippen LogP contribution in [0.25, 0.3) is 16.5 Å². The largest absolute Gasteiger partial charge is 0.447 e. The van der Waals surface area contributed by atoms with Gasteiger partial charge in [0.15, 0.2) is 0 Å². The number of cyclic esters (lactones) is 1. The van der Waals surface area contributed by atoms with E-state index in [-0.39, 0.29) is 18.1 Å². The highest BCUT2D eigenvalue weighted by Gasteiger charge is 2.29. The molecule has 1 aromatic heterocycles. The second-order valence-corrected chi connectivity index (χ2v) is 7.51. The first-order valence-corrected chi connectivity index (χ1v) is 9.95. The molecule has 2 aliphatic rings. The number of nitrogens with zero attached hydrogens (tertiary/aromatic N) is 3. The van der Waals surface area contributed by atoms with Crippen LogP contribution < -0.4 is 9.80 Å². The molecule has 0 aliphatic carbocycles. The first-order chi connectivity index (χ1) is 15.0. The molecule has 1 amide bonds. The number of aromatic nitrogens is 1. The number of carbonyl (C=O) groups excluding carboxylic acids is 1. The number of non-ortho nitro benzene ring substituents is 1. The molecule has 8 nitrogen and oxygen atoms in total. The molecule has 5 rings (SSSR count). The van der Waals surface area contributed by atoms with Crippen molar-refractivity contribution >= 4 is 39.6 Å². The normalized spacial score (nSPS) is 16.5. The van der Waals surface area contributed by atoms with Gasteiger partial charge in [0.1, 0.15) is 12.4 Å². The number of anilines is 2. The van der Waals surface area contributed by atoms with Gasteiger partial charge in [0.2, 0.25) is 0 Å². The number of carbonyl (C=O) groups is 1. The Labute approximate surface area is 176 Å². The zero-order valence-corrected chi connectivity index (χ0v) is 16.5. The summed E-state index contributed by atoms with van der Waals surface area (Å²) in [7, 11) is 0. The molecule has 2 aliphatic heterocycles. The quantitative estimate of drug-likeness (QED) is 0.495. The topological polar surface area (TPSA) is 91.7 Å². The lowest BCUT2D eigenvalue weighted by Gasteiger charge is -2.31. The number of benzene rings is 2. The number of rotatable bonds is 4. The summed E-state index contributed by atoms with van der Waals surface area (Å²) in [6.07, 6.45) is 4.23. The molecule has 158 valence electrons. The van der Waals surface area contributed by atoms with Crippen LogP contribution in [0.15, 0.2) is 48.7 Å². The number of nitrogens with one attached hydrogen (secondary N) is 1. The van der Waals surface area contributed by atoms with Crippen LogP contribution in [-0.4, -0.2) is 42.2 Å². The minimum absolute atomic E-state index is 0.0716. The van der Waals surface area contributed by atoms with Crippen molar-refractivity contribution in [2.75, 3.05) is 36.0 Å². The molecule has 3 heterocycles. The summed E-state index contributed by atoms with van der Waals surface area (Å²) in [5.41, 5.74) is 4.11. The predicted molar refractivity (Wildman–Crippen MR) is 115 cm³/mol. The molecule has 1 fully saturated rings. The number of H-pyrrole nitrogens is 1. The molecule has 0 saturated carbocycles. The third-order valence-electron chi connectivity index (χ3n) is 5.76. The van der Waals surface area contributed by atoms with Gasteiger partial charge in [-0.3, -0.25) is 15.0 Å². The minimum atomic E-state index is -0.499. The molecule has 1 N–H and O–H groups in total. The van der Waals surface area contributed by atoms with Crippen LogP contribution in [0.4, 0.5) is 26.2 Å². The summed E-state index contributed by atoms with van der Waals surface area (Å²) in [5.74, 6) is -0.282. The van der Waals surface area contributed by atoms with Crippen LogP contribution >= 0.6 is 0 Å². The van der Waals surface area contributed by atoms with Crippen LogP contribution in [0.3, 0.4) is 0 Å². The van der Waals surface area contributed by atoms with Crippen molar-refractivity contribution in [1.82, 2.24) is 4.98 Å². The maximum Gasteiger partial charge on any atom is 0.414 e. The van der Waals surface area contributed by atoms with Crippen molar-refractivity contribution < 1.29 is 18.8 Å². The number of halogens is 1. The van der Waals surface area contributed by atoms with E-state index in [2.05, 4.69) is 16.0 Å². The molecule has 2 aromatic carbocycles. The first-order valence-electron chi connectivity index (χ1n) is 9.95. The highest BCUT2D eigenvalue weighted by molar-refractivity contribution is 5.95. The highest BCUT2D eigenvalue weighted by Crippen LogP contribution is 2.37. The number of fused-ring (bicyclic) bond motifs is 1. The molecular weight excluding hydrogens is 403 g/mol. The van der Waals surface area contributed by atoms with Crippen LogP contribution in [0.5, 0.6) is 0 Å². The Kier molecular flexibility index (Phi) is 4.58. The Morgan fingerprint density at radius 1 is 1.13 bits per heavy atom. The van der Waals surface area contributed by atoms with Gasteiger partial charge < -0.3 is 14.6 Å². The molecule has 3 aromatic rings. The fourth-order valence-corrected chi connectivity index (χ4v) is 4.22. The lowest BCUT2D eigenvalue weighted by Crippen LogP contribution is -2.32. The minimum Gasteiger partial charge on any atom is -0.447 e. The smallest absolute Gasteiger partial charge is 0.414 e. The number of ether oxygens (including phenoxy) is 1. The number of aromatic amines is 1. The fraction of sp³-hybridized carbons (Fsp3) is 0.227. The second-order valence-electron chi connectivity index (χ2n) is 7.51. The van der Waals surface area contributed by atoms with E-state index in [1.165, 1.54) is 29.2 Å². The van der Waals surface area contributed by atoms with Crippen LogP contribution in [0.1, 0.15) is 12.0 Å². The average molecular weight is 422 g/mol. The number of hydrogen-bond donors (Lipinski definition) is 1. The summed E-state index contributed by atoms with van der Waals surface area (Å²) < 4.78 is 18.5. The summed E-state index contributed by atoms with van der Waals surface area (Å²) >= 11 is 0. The third kappa shape index (κ3) is 3.37. The molecule has 9 heteroatoms. The zero-order chi connectivity index (χ0) is 21.5. The standard InChI is InChI=1S/C22H19FN4O4/c23-15-1-3-17-18(13-24-19(17)11-15)14-5-7-25(8-6-14)20-4-2-16(27(29)30)12-21(20)26-9-10-31-22(26)28/h1-5,11-13,24H,6-10H2. The van der Waals surface area contributed by atoms with Crippen molar-refractivity contribution in [3.8, 4) is 0 Å². The molecule has 0 radical (unpaired) electrons. The van der Waals surface area contributed by atoms with E-state index in [9.17, 15) is 19.3 Å². The van der Waals surface area contributed by atoms with Gasteiger partial charge in [-0.05, 0) is 36.3 Å². The van der Waals surface area contributed by atoms with Crippen LogP contribution in [0, 0.1) is 15.9 Å². The Bertz CT molecular complexity index is 1240. The monoisotopic (exact) mass is 422 g/mol. The lowest BCUT2D eigenvalue weighted by atomic mass is 9.98. The van der Waals surface area contributed by atoms with E-state index >= 15 is 0 Å². The van der Waals surface area contributed by atoms with Crippen molar-refractivity contribution in [2.24, 2.45) is 0 Å². The van der Waals surface area contributed by atoms with Crippen LogP contribution in [-0.2, 0) is 4.74 Å². The average Bonchev–Trinajstić information content (AvgIpc) is 3.39. The zero-order valence-electron chi connectivity index (χ0n) is 16.5. The molecule has 0 unspecified atom stereocenters. The molecule has 0 atom stereocenters. The van der Waals surface area contributed by atoms with E-state index < -0.39 is 11.0 Å². The van der Waals surface area contributed by atoms with E-state index in [1.807, 2.05) is 6.20 Å². The van der Waals surface area contributed by atoms with Crippen molar-refractivity contribution in [1.29, 1.82) is 0 Å². The third-order valence-corrected chi connectivity index (χ3v) is 5.76. The van der Waals surface area contributed by atoms with Gasteiger partial charge in [0.05, 0.1) is 22.8 Å². The number of nitro groups is 1. The van der Waals surface area contributed by atoms with Gasteiger partial charge in [0, 0.05) is 47.9 Å². The maximum atomic E-state index is 13.5. The number of nitro benzene ring substituents is 1. The van der Waals surface area contributed by atoms with E-state index in [4.69, 9.17) is 4.74 Å². The Balaban J connectivity index is 1.46. The van der Waals surface area contributed by atoms with Gasteiger partial charge in [-0.15, -0.1) is 0 Å². The van der Waals surface area contributed by atoms with E-state index in [1.54, 1.807) is 12.1 Å². The van der Waals surface area contributed by atoms with Crippen molar-refractivity contribution in [3.63, 3.8) is 0 Å². The van der Waals surface area contributed by atoms with E-state index in [0.717, 1.165) is 34.1 Å². The van der Waals surface area contributed by atoms with Crippen molar-refractivity contribution in [3.05, 3.63) is 70.2 Å². The van der Waals surface area contributed by atoms with Crippen molar-refractivity contribution in [2.45, 2.75) is 6.42 Å². The lowest BCUT2D eigenvalue weighted by molar-refractivity contribution is -0.384. The van der Waals surface area contributed by atoms with Crippen LogP contribution in [0.2, 0.25) is 0 Å². The molecule has 31 heavy (non-hydrogen) atoms.